The van der Waals surface area contributed by atoms with E-state index in [2.05, 4.69) is 11.9 Å². The van der Waals surface area contributed by atoms with Gasteiger partial charge in [0.05, 0.1) is 22.0 Å². The first-order valence-electron chi connectivity index (χ1n) is 5.56. The second-order valence-corrected chi connectivity index (χ2v) is 6.65. The molecule has 0 bridgehead atoms. The molecule has 0 saturated carbocycles. The maximum Gasteiger partial charge on any atom is 0.241 e. The fourth-order valence-corrected chi connectivity index (χ4v) is 3.04. The first-order chi connectivity index (χ1) is 9.27. The maximum absolute atomic E-state index is 11.9. The molecule has 1 aromatic carbocycles. The Hall–Kier alpha value is -1.24. The van der Waals surface area contributed by atoms with Gasteiger partial charge in [-0.05, 0) is 12.1 Å². The van der Waals surface area contributed by atoms with Crippen LogP contribution in [0.3, 0.4) is 0 Å². The minimum Gasteiger partial charge on any atom is -0.351 e. The van der Waals surface area contributed by atoms with Crippen LogP contribution in [0.25, 0.3) is 0 Å². The Bertz CT molecular complexity index is 597. The predicted octanol–water partition coefficient (Wildman–Crippen LogP) is 2.06. The van der Waals surface area contributed by atoms with E-state index in [0.29, 0.717) is 0 Å². The van der Waals surface area contributed by atoms with Crippen molar-refractivity contribution >= 4 is 44.8 Å². The molecular formula is C12H14Cl2N2O3S. The van der Waals surface area contributed by atoms with E-state index in [4.69, 9.17) is 23.2 Å². The standard InChI is InChI=1S/C12H14Cl2N2O3S/c1-3-7-15-11(17)8-16(20(2,18)19)12-9(13)5-4-6-10(12)14/h3-6H,1,7-8H2,2H3,(H,15,17). The van der Waals surface area contributed by atoms with Gasteiger partial charge in [-0.25, -0.2) is 8.42 Å². The summed E-state index contributed by atoms with van der Waals surface area (Å²) in [5, 5.41) is 2.80. The fourth-order valence-electron chi connectivity index (χ4n) is 1.46. The van der Waals surface area contributed by atoms with Gasteiger partial charge in [-0.15, -0.1) is 6.58 Å². The minimum absolute atomic E-state index is 0.0899. The number of para-hydroxylation sites is 1. The van der Waals surface area contributed by atoms with Crippen molar-refractivity contribution < 1.29 is 13.2 Å². The van der Waals surface area contributed by atoms with Gasteiger partial charge in [0.2, 0.25) is 15.9 Å². The predicted molar refractivity (Wildman–Crippen MR) is 81.9 cm³/mol. The molecule has 1 N–H and O–H groups in total. The molecule has 1 rings (SSSR count). The number of amides is 1. The Kier molecular flexibility index (Phi) is 5.86. The molecule has 0 unspecified atom stereocenters. The van der Waals surface area contributed by atoms with Crippen molar-refractivity contribution in [2.45, 2.75) is 0 Å². The van der Waals surface area contributed by atoms with Crippen molar-refractivity contribution in [3.8, 4) is 0 Å². The summed E-state index contributed by atoms with van der Waals surface area (Å²) in [5.74, 6) is -0.480. The van der Waals surface area contributed by atoms with Crippen LogP contribution >= 0.6 is 23.2 Å². The molecule has 5 nitrogen and oxygen atoms in total. The largest absolute Gasteiger partial charge is 0.351 e. The number of hydrogen-bond acceptors (Lipinski definition) is 3. The molecule has 20 heavy (non-hydrogen) atoms. The summed E-state index contributed by atoms with van der Waals surface area (Å²) in [5.41, 5.74) is 0.0899. The molecule has 0 radical (unpaired) electrons. The molecule has 0 spiro atoms. The number of halogens is 2. The maximum atomic E-state index is 11.9. The molecule has 1 aromatic rings. The van der Waals surface area contributed by atoms with E-state index in [9.17, 15) is 13.2 Å². The van der Waals surface area contributed by atoms with Gasteiger partial charge in [0, 0.05) is 6.54 Å². The lowest BCUT2D eigenvalue weighted by atomic mass is 10.3. The van der Waals surface area contributed by atoms with Crippen LogP contribution in [0, 0.1) is 0 Å². The van der Waals surface area contributed by atoms with Crippen molar-refractivity contribution in [1.29, 1.82) is 0 Å². The first kappa shape index (κ1) is 16.8. The van der Waals surface area contributed by atoms with Gasteiger partial charge in [0.15, 0.2) is 0 Å². The summed E-state index contributed by atoms with van der Waals surface area (Å²) in [7, 11) is -3.71. The van der Waals surface area contributed by atoms with Gasteiger partial charge >= 0.3 is 0 Å². The summed E-state index contributed by atoms with van der Waals surface area (Å²) in [4.78, 5) is 11.7. The molecule has 0 atom stereocenters. The van der Waals surface area contributed by atoms with Gasteiger partial charge in [0.25, 0.3) is 0 Å². The van der Waals surface area contributed by atoms with Crippen molar-refractivity contribution in [2.75, 3.05) is 23.7 Å². The number of nitrogens with zero attached hydrogens (tertiary/aromatic N) is 1. The van der Waals surface area contributed by atoms with Gasteiger partial charge in [-0.2, -0.15) is 0 Å². The number of nitrogens with one attached hydrogen (secondary N) is 1. The normalized spacial score (nSPS) is 10.9. The molecule has 0 saturated heterocycles. The topological polar surface area (TPSA) is 66.5 Å². The Balaban J connectivity index is 3.15. The van der Waals surface area contributed by atoms with E-state index in [1.54, 1.807) is 6.07 Å². The van der Waals surface area contributed by atoms with Crippen LogP contribution in [0.2, 0.25) is 10.0 Å². The summed E-state index contributed by atoms with van der Waals surface area (Å²) in [6.45, 7) is 3.29. The highest BCUT2D eigenvalue weighted by Gasteiger charge is 2.24. The highest BCUT2D eigenvalue weighted by Crippen LogP contribution is 2.34. The third-order valence-corrected chi connectivity index (χ3v) is 4.04. The Morgan fingerprint density at radius 1 is 1.40 bits per heavy atom. The van der Waals surface area contributed by atoms with Gasteiger partial charge < -0.3 is 5.32 Å². The van der Waals surface area contributed by atoms with Crippen molar-refractivity contribution in [3.05, 3.63) is 40.9 Å². The van der Waals surface area contributed by atoms with E-state index < -0.39 is 22.5 Å². The van der Waals surface area contributed by atoms with Crippen LogP contribution in [0.1, 0.15) is 0 Å². The van der Waals surface area contributed by atoms with E-state index in [-0.39, 0.29) is 22.3 Å². The number of rotatable bonds is 6. The third kappa shape index (κ3) is 4.40. The molecule has 0 fully saturated rings. The molecule has 1 amide bonds. The smallest absolute Gasteiger partial charge is 0.241 e. The number of anilines is 1. The van der Waals surface area contributed by atoms with Crippen LogP contribution in [0.4, 0.5) is 5.69 Å². The molecule has 0 aromatic heterocycles. The second-order valence-electron chi connectivity index (χ2n) is 3.93. The number of benzene rings is 1. The van der Waals surface area contributed by atoms with E-state index in [1.807, 2.05) is 0 Å². The highest BCUT2D eigenvalue weighted by molar-refractivity contribution is 7.92. The lowest BCUT2D eigenvalue weighted by Crippen LogP contribution is -2.40. The Labute approximate surface area is 128 Å². The average Bonchev–Trinajstić information content (AvgIpc) is 2.33. The zero-order valence-electron chi connectivity index (χ0n) is 10.8. The molecule has 0 aliphatic carbocycles. The lowest BCUT2D eigenvalue weighted by Gasteiger charge is -2.23. The quantitative estimate of drug-likeness (QED) is 0.808. The molecule has 110 valence electrons. The van der Waals surface area contributed by atoms with Gasteiger partial charge in [-0.3, -0.25) is 9.10 Å². The van der Waals surface area contributed by atoms with Crippen LogP contribution < -0.4 is 9.62 Å². The molecule has 0 aliphatic rings. The molecule has 0 aliphatic heterocycles. The molecule has 0 heterocycles. The minimum atomic E-state index is -3.71. The second kappa shape index (κ2) is 6.97. The SMILES string of the molecule is C=CCNC(=O)CN(c1c(Cl)cccc1Cl)S(C)(=O)=O. The first-order valence-corrected chi connectivity index (χ1v) is 8.17. The highest BCUT2D eigenvalue weighted by atomic mass is 35.5. The Morgan fingerprint density at radius 3 is 2.40 bits per heavy atom. The van der Waals surface area contributed by atoms with Crippen LogP contribution in [-0.4, -0.2) is 33.7 Å². The monoisotopic (exact) mass is 336 g/mol. The molecular weight excluding hydrogens is 323 g/mol. The summed E-state index contributed by atoms with van der Waals surface area (Å²) in [6.07, 6.45) is 2.47. The number of carbonyl (C=O) groups is 1. The number of sulfonamides is 1. The average molecular weight is 337 g/mol. The van der Waals surface area contributed by atoms with Crippen molar-refractivity contribution in [3.63, 3.8) is 0 Å². The summed E-state index contributed by atoms with van der Waals surface area (Å²) >= 11 is 12.0. The van der Waals surface area contributed by atoms with Crippen LogP contribution in [-0.2, 0) is 14.8 Å². The zero-order valence-corrected chi connectivity index (χ0v) is 13.1. The number of carbonyl (C=O) groups excluding carboxylic acids is 1. The van der Waals surface area contributed by atoms with Gasteiger partial charge in [-0.1, -0.05) is 35.3 Å². The van der Waals surface area contributed by atoms with Crippen molar-refractivity contribution in [1.82, 2.24) is 5.32 Å². The molecule has 8 heteroatoms. The Morgan fingerprint density at radius 2 is 1.95 bits per heavy atom. The van der Waals surface area contributed by atoms with Crippen LogP contribution in [0.5, 0.6) is 0 Å². The van der Waals surface area contributed by atoms with Crippen LogP contribution in [0.15, 0.2) is 30.9 Å². The summed E-state index contributed by atoms with van der Waals surface area (Å²) < 4.78 is 24.6. The van der Waals surface area contributed by atoms with Gasteiger partial charge in [0.1, 0.15) is 6.54 Å². The zero-order chi connectivity index (χ0) is 15.3. The number of hydrogen-bond donors (Lipinski definition) is 1. The van der Waals surface area contributed by atoms with E-state index >= 15 is 0 Å². The van der Waals surface area contributed by atoms with Crippen molar-refractivity contribution in [2.24, 2.45) is 0 Å². The summed E-state index contributed by atoms with van der Waals surface area (Å²) in [6, 6.07) is 4.59. The lowest BCUT2D eigenvalue weighted by molar-refractivity contribution is -0.119. The fraction of sp³-hybridized carbons (Fsp3) is 0.250. The van der Waals surface area contributed by atoms with E-state index in [0.717, 1.165) is 10.6 Å². The third-order valence-electron chi connectivity index (χ3n) is 2.32. The van der Waals surface area contributed by atoms with E-state index in [1.165, 1.54) is 18.2 Å².